The highest BCUT2D eigenvalue weighted by atomic mass is 32.2. The normalized spacial score (nSPS) is 15.0. The molecule has 1 fully saturated rings. The molecule has 1 aliphatic carbocycles. The zero-order chi connectivity index (χ0) is 22.2. The molecule has 3 aromatic rings. The van der Waals surface area contributed by atoms with Crippen LogP contribution in [0.2, 0.25) is 0 Å². The maximum absolute atomic E-state index is 14.3. The molecule has 1 aliphatic rings. The third-order valence-electron chi connectivity index (χ3n) is 5.36. The molecule has 1 aromatic heterocycles. The molecule has 1 atom stereocenters. The Labute approximate surface area is 186 Å². The Hall–Kier alpha value is -2.67. The van der Waals surface area contributed by atoms with E-state index in [4.69, 9.17) is 0 Å². The fourth-order valence-corrected chi connectivity index (χ4v) is 4.27. The first-order valence-corrected chi connectivity index (χ1v) is 11.4. The van der Waals surface area contributed by atoms with Crippen LogP contribution in [-0.4, -0.2) is 25.9 Å². The van der Waals surface area contributed by atoms with Gasteiger partial charge in [-0.1, -0.05) is 56.8 Å². The second-order valence-electron chi connectivity index (χ2n) is 8.96. The zero-order valence-corrected chi connectivity index (χ0v) is 19.0. The summed E-state index contributed by atoms with van der Waals surface area (Å²) in [7, 11) is 0. The molecule has 1 N–H and O–H groups in total. The first-order chi connectivity index (χ1) is 14.7. The summed E-state index contributed by atoms with van der Waals surface area (Å²) in [6, 6.07) is 14.8. The van der Waals surface area contributed by atoms with Crippen LogP contribution in [0.15, 0.2) is 53.7 Å². The number of hydrogen-bond acceptors (Lipinski definition) is 4. The topological polar surface area (TPSA) is 59.8 Å². The minimum absolute atomic E-state index is 0.0640. The first kappa shape index (κ1) is 21.6. The smallest absolute Gasteiger partial charge is 0.237 e. The number of carbonyl (C=O) groups excluding carboxylic acids is 1. The monoisotopic (exact) mass is 438 g/mol. The lowest BCUT2D eigenvalue weighted by molar-refractivity contribution is -0.115. The van der Waals surface area contributed by atoms with Gasteiger partial charge in [-0.3, -0.25) is 9.36 Å². The van der Waals surface area contributed by atoms with E-state index in [0.717, 1.165) is 18.5 Å². The van der Waals surface area contributed by atoms with Crippen LogP contribution in [0.4, 0.5) is 10.1 Å². The van der Waals surface area contributed by atoms with Crippen LogP contribution < -0.4 is 5.32 Å². The van der Waals surface area contributed by atoms with E-state index < -0.39 is 0 Å². The number of amides is 1. The number of rotatable bonds is 6. The molecule has 162 valence electrons. The fraction of sp³-hybridized carbons (Fsp3) is 0.375. The van der Waals surface area contributed by atoms with Crippen molar-refractivity contribution in [3.8, 4) is 11.4 Å². The van der Waals surface area contributed by atoms with Gasteiger partial charge in [0.1, 0.15) is 5.82 Å². The Kier molecular flexibility index (Phi) is 5.88. The minimum atomic E-state index is -0.377. The summed E-state index contributed by atoms with van der Waals surface area (Å²) in [6.07, 6.45) is 2.02. The Morgan fingerprint density at radius 3 is 2.42 bits per heavy atom. The van der Waals surface area contributed by atoms with E-state index >= 15 is 0 Å². The predicted molar refractivity (Wildman–Crippen MR) is 123 cm³/mol. The van der Waals surface area contributed by atoms with E-state index in [-0.39, 0.29) is 28.4 Å². The molecule has 5 nitrogen and oxygen atoms in total. The van der Waals surface area contributed by atoms with Crippen molar-refractivity contribution < 1.29 is 9.18 Å². The molecule has 0 spiro atoms. The molecule has 7 heteroatoms. The summed E-state index contributed by atoms with van der Waals surface area (Å²) in [5.74, 6) is 0.0950. The van der Waals surface area contributed by atoms with Crippen molar-refractivity contribution in [2.45, 2.75) is 62.4 Å². The second-order valence-corrected chi connectivity index (χ2v) is 10.3. The molecule has 0 aliphatic heterocycles. The number of aromatic nitrogens is 3. The van der Waals surface area contributed by atoms with Crippen LogP contribution in [0, 0.1) is 5.82 Å². The summed E-state index contributed by atoms with van der Waals surface area (Å²) in [5.41, 5.74) is 2.48. The van der Waals surface area contributed by atoms with Crippen LogP contribution in [0.1, 0.15) is 52.1 Å². The van der Waals surface area contributed by atoms with E-state index in [1.807, 2.05) is 35.8 Å². The Balaban J connectivity index is 1.49. The van der Waals surface area contributed by atoms with Crippen molar-refractivity contribution in [2.75, 3.05) is 5.32 Å². The van der Waals surface area contributed by atoms with Gasteiger partial charge in [0, 0.05) is 11.7 Å². The fourth-order valence-electron chi connectivity index (χ4n) is 3.35. The van der Waals surface area contributed by atoms with E-state index in [1.54, 1.807) is 18.2 Å². The van der Waals surface area contributed by atoms with Gasteiger partial charge >= 0.3 is 0 Å². The zero-order valence-electron chi connectivity index (χ0n) is 18.2. The molecule has 1 amide bonds. The molecular weight excluding hydrogens is 411 g/mol. The molecule has 0 bridgehead atoms. The molecule has 1 saturated carbocycles. The van der Waals surface area contributed by atoms with Crippen LogP contribution in [0.5, 0.6) is 0 Å². The van der Waals surface area contributed by atoms with Crippen molar-refractivity contribution in [1.82, 2.24) is 14.8 Å². The van der Waals surface area contributed by atoms with E-state index in [1.165, 1.54) is 23.4 Å². The quantitative estimate of drug-likeness (QED) is 0.492. The van der Waals surface area contributed by atoms with Crippen molar-refractivity contribution >= 4 is 23.4 Å². The molecular formula is C24H27FN4OS. The van der Waals surface area contributed by atoms with Crippen molar-refractivity contribution in [1.29, 1.82) is 0 Å². The first-order valence-electron chi connectivity index (χ1n) is 10.5. The third kappa shape index (κ3) is 4.82. The highest BCUT2D eigenvalue weighted by Crippen LogP contribution is 2.42. The van der Waals surface area contributed by atoms with Gasteiger partial charge in [-0.2, -0.15) is 0 Å². The maximum Gasteiger partial charge on any atom is 0.237 e. The molecule has 1 unspecified atom stereocenters. The van der Waals surface area contributed by atoms with Crippen molar-refractivity contribution in [2.24, 2.45) is 0 Å². The molecule has 1 heterocycles. The summed E-state index contributed by atoms with van der Waals surface area (Å²) >= 11 is 1.35. The van der Waals surface area contributed by atoms with Gasteiger partial charge in [-0.05, 0) is 55.0 Å². The van der Waals surface area contributed by atoms with E-state index in [2.05, 4.69) is 36.3 Å². The SMILES string of the molecule is CC(Sc1nnc(-c2ccccc2F)n1C1CC1)C(=O)Nc1ccc(C(C)(C)C)cc1. The summed E-state index contributed by atoms with van der Waals surface area (Å²) in [6.45, 7) is 8.32. The average Bonchev–Trinajstić information content (AvgIpc) is 3.48. The Morgan fingerprint density at radius 1 is 1.13 bits per heavy atom. The lowest BCUT2D eigenvalue weighted by Gasteiger charge is -2.19. The number of carbonyl (C=O) groups is 1. The van der Waals surface area contributed by atoms with Crippen LogP contribution in [-0.2, 0) is 10.2 Å². The lowest BCUT2D eigenvalue weighted by Crippen LogP contribution is -2.23. The average molecular weight is 439 g/mol. The van der Waals surface area contributed by atoms with Gasteiger partial charge in [-0.15, -0.1) is 10.2 Å². The second kappa shape index (κ2) is 8.46. The van der Waals surface area contributed by atoms with Crippen molar-refractivity contribution in [3.63, 3.8) is 0 Å². The number of nitrogens with one attached hydrogen (secondary N) is 1. The number of nitrogens with zero attached hydrogens (tertiary/aromatic N) is 3. The number of anilines is 1. The molecule has 0 saturated heterocycles. The van der Waals surface area contributed by atoms with E-state index in [9.17, 15) is 9.18 Å². The molecule has 0 radical (unpaired) electrons. The van der Waals surface area contributed by atoms with Gasteiger partial charge in [0.2, 0.25) is 5.91 Å². The predicted octanol–water partition coefficient (Wildman–Crippen LogP) is 5.84. The standard InChI is InChI=1S/C24H27FN4OS/c1-15(22(30)26-17-11-9-16(10-12-17)24(2,3)4)31-23-28-27-21(29(23)18-13-14-18)19-7-5-6-8-20(19)25/h5-12,15,18H,13-14H2,1-4H3,(H,26,30). The maximum atomic E-state index is 14.3. The van der Waals surface area contributed by atoms with Crippen LogP contribution >= 0.6 is 11.8 Å². The molecule has 4 rings (SSSR count). The van der Waals surface area contributed by atoms with Crippen molar-refractivity contribution in [3.05, 3.63) is 59.9 Å². The molecule has 2 aromatic carbocycles. The van der Waals surface area contributed by atoms with Crippen LogP contribution in [0.3, 0.4) is 0 Å². The summed E-state index contributed by atoms with van der Waals surface area (Å²) < 4.78 is 16.3. The van der Waals surface area contributed by atoms with Crippen LogP contribution in [0.25, 0.3) is 11.4 Å². The van der Waals surface area contributed by atoms with Gasteiger partial charge < -0.3 is 5.32 Å². The number of halogens is 1. The van der Waals surface area contributed by atoms with Gasteiger partial charge in [0.15, 0.2) is 11.0 Å². The van der Waals surface area contributed by atoms with E-state index in [0.29, 0.717) is 16.5 Å². The number of benzene rings is 2. The Bertz CT molecular complexity index is 1080. The summed E-state index contributed by atoms with van der Waals surface area (Å²) in [5, 5.41) is 11.8. The largest absolute Gasteiger partial charge is 0.325 e. The molecule has 31 heavy (non-hydrogen) atoms. The minimum Gasteiger partial charge on any atom is -0.325 e. The highest BCUT2D eigenvalue weighted by Gasteiger charge is 2.32. The lowest BCUT2D eigenvalue weighted by atomic mass is 9.87. The summed E-state index contributed by atoms with van der Waals surface area (Å²) in [4.78, 5) is 12.8. The highest BCUT2D eigenvalue weighted by molar-refractivity contribution is 8.00. The van der Waals surface area contributed by atoms with Gasteiger partial charge in [-0.25, -0.2) is 4.39 Å². The number of hydrogen-bond donors (Lipinski definition) is 1. The number of thioether (sulfide) groups is 1. The Morgan fingerprint density at radius 2 is 1.81 bits per heavy atom. The third-order valence-corrected chi connectivity index (χ3v) is 6.42. The van der Waals surface area contributed by atoms with Gasteiger partial charge in [0.05, 0.1) is 10.8 Å². The van der Waals surface area contributed by atoms with Gasteiger partial charge in [0.25, 0.3) is 0 Å².